The van der Waals surface area contributed by atoms with E-state index >= 15 is 0 Å². The fraction of sp³-hybridized carbons (Fsp3) is 0.529. The molecule has 0 bridgehead atoms. The fourth-order valence-corrected chi connectivity index (χ4v) is 2.46. The second kappa shape index (κ2) is 10.3. The Morgan fingerprint density at radius 3 is 2.04 bits per heavy atom. The first kappa shape index (κ1) is 21.3. The lowest BCUT2D eigenvalue weighted by atomic mass is 10.1. The first-order valence-corrected chi connectivity index (χ1v) is 8.38. The Balaban J connectivity index is 3.22. The van der Waals surface area contributed by atoms with Crippen LogP contribution in [0.4, 0.5) is 0 Å². The molecule has 0 saturated heterocycles. The first-order chi connectivity index (χ1) is 11.9. The van der Waals surface area contributed by atoms with Crippen LogP contribution < -0.4 is 9.47 Å². The number of ether oxygens (including phenoxy) is 4. The molecule has 1 aromatic rings. The van der Waals surface area contributed by atoms with E-state index in [9.17, 15) is 10.5 Å². The highest BCUT2D eigenvalue weighted by molar-refractivity contribution is 6.44. The van der Waals surface area contributed by atoms with E-state index in [0.29, 0.717) is 6.61 Å². The van der Waals surface area contributed by atoms with Crippen molar-refractivity contribution in [1.29, 1.82) is 10.5 Å². The highest BCUT2D eigenvalue weighted by atomic mass is 35.5. The fourth-order valence-electron chi connectivity index (χ4n) is 2.00. The molecule has 8 heteroatoms. The van der Waals surface area contributed by atoms with Crippen LogP contribution in [0.1, 0.15) is 31.9 Å². The van der Waals surface area contributed by atoms with Crippen molar-refractivity contribution in [3.8, 4) is 23.6 Å². The molecule has 0 N–H and O–H groups in total. The maximum atomic E-state index is 9.46. The maximum absolute atomic E-state index is 9.46. The van der Waals surface area contributed by atoms with Crippen LogP contribution in [0, 0.1) is 22.7 Å². The van der Waals surface area contributed by atoms with Crippen molar-refractivity contribution >= 4 is 23.2 Å². The quantitative estimate of drug-likeness (QED) is 0.597. The Labute approximate surface area is 157 Å². The summed E-state index contributed by atoms with van der Waals surface area (Å²) in [6.07, 6.45) is -0.339. The largest absolute Gasteiger partial charge is 0.488 e. The van der Waals surface area contributed by atoms with Gasteiger partial charge in [0, 0.05) is 7.11 Å². The van der Waals surface area contributed by atoms with Gasteiger partial charge >= 0.3 is 0 Å². The van der Waals surface area contributed by atoms with Gasteiger partial charge in [-0.2, -0.15) is 10.5 Å². The van der Waals surface area contributed by atoms with Gasteiger partial charge in [0.1, 0.15) is 46.0 Å². The molecule has 1 aromatic carbocycles. The molecule has 25 heavy (non-hydrogen) atoms. The van der Waals surface area contributed by atoms with Gasteiger partial charge in [0.25, 0.3) is 0 Å². The molecule has 0 radical (unpaired) electrons. The molecule has 1 unspecified atom stereocenters. The van der Waals surface area contributed by atoms with E-state index in [4.69, 9.17) is 42.1 Å². The van der Waals surface area contributed by atoms with Gasteiger partial charge in [-0.3, -0.25) is 0 Å². The summed E-state index contributed by atoms with van der Waals surface area (Å²) in [7, 11) is 1.52. The van der Waals surface area contributed by atoms with E-state index in [-0.39, 0.29) is 58.1 Å². The van der Waals surface area contributed by atoms with Crippen LogP contribution in [0.5, 0.6) is 11.5 Å². The van der Waals surface area contributed by atoms with Crippen LogP contribution in [0.3, 0.4) is 0 Å². The Bertz CT molecular complexity index is 681. The van der Waals surface area contributed by atoms with Crippen molar-refractivity contribution in [3.05, 3.63) is 21.2 Å². The zero-order chi connectivity index (χ0) is 19.0. The number of hydrogen-bond acceptors (Lipinski definition) is 6. The lowest BCUT2D eigenvalue weighted by molar-refractivity contribution is 0.0552. The molecule has 0 aliphatic rings. The number of methoxy groups -OCH3 is 1. The van der Waals surface area contributed by atoms with Gasteiger partial charge in [-0.1, -0.05) is 23.2 Å². The van der Waals surface area contributed by atoms with Gasteiger partial charge in [0.15, 0.2) is 11.5 Å². The van der Waals surface area contributed by atoms with E-state index in [1.165, 1.54) is 7.11 Å². The van der Waals surface area contributed by atoms with Gasteiger partial charge in [-0.05, 0) is 20.8 Å². The molecular formula is C17H20Cl2N2O4. The number of benzene rings is 1. The lowest BCUT2D eigenvalue weighted by Crippen LogP contribution is -2.19. The van der Waals surface area contributed by atoms with Crippen LogP contribution in [0.25, 0.3) is 0 Å². The first-order valence-electron chi connectivity index (χ1n) is 7.62. The van der Waals surface area contributed by atoms with Crippen molar-refractivity contribution in [3.63, 3.8) is 0 Å². The van der Waals surface area contributed by atoms with Crippen molar-refractivity contribution in [2.45, 2.75) is 33.0 Å². The number of hydrogen-bond donors (Lipinski definition) is 0. The Morgan fingerprint density at radius 2 is 1.52 bits per heavy atom. The summed E-state index contributed by atoms with van der Waals surface area (Å²) < 4.78 is 21.6. The number of nitrogens with zero attached hydrogens (tertiary/aromatic N) is 2. The number of nitriles is 2. The standard InChI is InChI=1S/C17H20Cl2N2O4/c1-10(2)23-5-6-24-16-12(7-20)13(8-21)17(15(19)14(16)18)25-11(3)9-22-4/h10-11H,5-6,9H2,1-4H3. The lowest BCUT2D eigenvalue weighted by Gasteiger charge is -2.19. The van der Waals surface area contributed by atoms with E-state index in [2.05, 4.69) is 0 Å². The molecule has 0 aromatic heterocycles. The van der Waals surface area contributed by atoms with Crippen LogP contribution in [0.2, 0.25) is 10.0 Å². The van der Waals surface area contributed by atoms with Gasteiger partial charge < -0.3 is 18.9 Å². The molecule has 0 amide bonds. The summed E-state index contributed by atoms with van der Waals surface area (Å²) >= 11 is 12.5. The summed E-state index contributed by atoms with van der Waals surface area (Å²) in [5.41, 5.74) is -0.0549. The normalized spacial score (nSPS) is 11.7. The third-order valence-corrected chi connectivity index (χ3v) is 3.84. The van der Waals surface area contributed by atoms with E-state index < -0.39 is 0 Å². The van der Waals surface area contributed by atoms with Crippen LogP contribution >= 0.6 is 23.2 Å². The second-order valence-corrected chi connectivity index (χ2v) is 6.17. The summed E-state index contributed by atoms with van der Waals surface area (Å²) in [6, 6.07) is 3.87. The second-order valence-electron chi connectivity index (χ2n) is 5.41. The number of rotatable bonds is 9. The Hall–Kier alpha value is -1.70. The molecule has 0 spiro atoms. The van der Waals surface area contributed by atoms with E-state index in [1.807, 2.05) is 26.0 Å². The SMILES string of the molecule is COCC(C)Oc1c(Cl)c(Cl)c(OCCOC(C)C)c(C#N)c1C#N. The third-order valence-electron chi connectivity index (χ3n) is 3.02. The monoisotopic (exact) mass is 386 g/mol. The topological polar surface area (TPSA) is 84.5 Å². The molecule has 6 nitrogen and oxygen atoms in total. The Morgan fingerprint density at radius 1 is 0.960 bits per heavy atom. The summed E-state index contributed by atoms with van der Waals surface area (Å²) in [6.45, 7) is 6.28. The van der Waals surface area contributed by atoms with Crippen LogP contribution in [-0.4, -0.2) is 39.1 Å². The van der Waals surface area contributed by atoms with Crippen LogP contribution in [-0.2, 0) is 9.47 Å². The average molecular weight is 387 g/mol. The molecule has 0 heterocycles. The van der Waals surface area contributed by atoms with E-state index in [0.717, 1.165) is 0 Å². The molecule has 1 atom stereocenters. The average Bonchev–Trinajstić information content (AvgIpc) is 2.57. The van der Waals surface area contributed by atoms with Gasteiger partial charge in [-0.15, -0.1) is 0 Å². The highest BCUT2D eigenvalue weighted by Crippen LogP contribution is 2.45. The summed E-state index contributed by atoms with van der Waals surface area (Å²) in [5.74, 6) is 0.0888. The predicted molar refractivity (Wildman–Crippen MR) is 94.4 cm³/mol. The molecule has 0 aliphatic carbocycles. The van der Waals surface area contributed by atoms with Crippen molar-refractivity contribution in [2.24, 2.45) is 0 Å². The molecule has 0 fully saturated rings. The van der Waals surface area contributed by atoms with Gasteiger partial charge in [-0.25, -0.2) is 0 Å². The third kappa shape index (κ3) is 5.66. The minimum absolute atomic E-state index is 0.0138. The van der Waals surface area contributed by atoms with Crippen molar-refractivity contribution in [2.75, 3.05) is 26.9 Å². The van der Waals surface area contributed by atoms with Gasteiger partial charge in [0.2, 0.25) is 0 Å². The summed E-state index contributed by atoms with van der Waals surface area (Å²) in [4.78, 5) is 0. The minimum Gasteiger partial charge on any atom is -0.488 e. The summed E-state index contributed by atoms with van der Waals surface area (Å²) in [5, 5.41) is 19.0. The van der Waals surface area contributed by atoms with Crippen molar-refractivity contribution < 1.29 is 18.9 Å². The molecule has 0 aliphatic heterocycles. The van der Waals surface area contributed by atoms with Crippen LogP contribution in [0.15, 0.2) is 0 Å². The molecule has 136 valence electrons. The van der Waals surface area contributed by atoms with Gasteiger partial charge in [0.05, 0.1) is 19.3 Å². The Kier molecular flexibility index (Phi) is 8.82. The maximum Gasteiger partial charge on any atom is 0.159 e. The molecule has 0 saturated carbocycles. The number of halogens is 2. The minimum atomic E-state index is -0.386. The molecular weight excluding hydrogens is 367 g/mol. The van der Waals surface area contributed by atoms with Crippen molar-refractivity contribution in [1.82, 2.24) is 0 Å². The molecule has 1 rings (SSSR count). The smallest absolute Gasteiger partial charge is 0.159 e. The predicted octanol–water partition coefficient (Wildman–Crippen LogP) is 3.95. The van der Waals surface area contributed by atoms with E-state index in [1.54, 1.807) is 6.92 Å². The zero-order valence-electron chi connectivity index (χ0n) is 14.6. The zero-order valence-corrected chi connectivity index (χ0v) is 16.1. The highest BCUT2D eigenvalue weighted by Gasteiger charge is 2.26.